The normalized spacial score (nSPS) is 48.2. The Labute approximate surface area is 94.6 Å². The molecule has 3 fully saturated rings. The first-order valence-corrected chi connectivity index (χ1v) is 6.03. The summed E-state index contributed by atoms with van der Waals surface area (Å²) in [6.07, 6.45) is 2.14. The largest absolute Gasteiger partial charge is 0.388 e. The zero-order valence-electron chi connectivity index (χ0n) is 9.21. The first-order valence-electron chi connectivity index (χ1n) is 6.03. The Morgan fingerprint density at radius 3 is 2.69 bits per heavy atom. The molecule has 0 aromatic heterocycles. The number of hydrogen-bond acceptors (Lipinski definition) is 5. The molecule has 0 radical (unpaired) electrons. The van der Waals surface area contributed by atoms with Crippen LogP contribution in [0.4, 0.5) is 0 Å². The Hall–Kier alpha value is -0.200. The summed E-state index contributed by atoms with van der Waals surface area (Å²) in [4.78, 5) is 0. The van der Waals surface area contributed by atoms with Gasteiger partial charge in [0.15, 0.2) is 6.29 Å². The van der Waals surface area contributed by atoms with E-state index in [0.29, 0.717) is 13.2 Å². The Bertz CT molecular complexity index is 241. The van der Waals surface area contributed by atoms with Crippen molar-refractivity contribution in [3.63, 3.8) is 0 Å². The maximum absolute atomic E-state index is 9.59. The molecule has 1 N–H and O–H groups in total. The van der Waals surface area contributed by atoms with E-state index >= 15 is 0 Å². The molecule has 0 aromatic carbocycles. The van der Waals surface area contributed by atoms with Gasteiger partial charge in [0, 0.05) is 6.61 Å². The molecule has 5 nitrogen and oxygen atoms in total. The molecular formula is C11H18O5. The van der Waals surface area contributed by atoms with Gasteiger partial charge in [-0.05, 0) is 19.3 Å². The maximum atomic E-state index is 9.59. The zero-order valence-corrected chi connectivity index (χ0v) is 9.21. The van der Waals surface area contributed by atoms with Crippen molar-refractivity contribution < 1.29 is 24.1 Å². The second-order valence-corrected chi connectivity index (χ2v) is 4.63. The van der Waals surface area contributed by atoms with Crippen LogP contribution in [0.2, 0.25) is 0 Å². The monoisotopic (exact) mass is 230 g/mol. The van der Waals surface area contributed by atoms with Crippen molar-refractivity contribution in [3.05, 3.63) is 0 Å². The van der Waals surface area contributed by atoms with E-state index in [0.717, 1.165) is 25.9 Å². The summed E-state index contributed by atoms with van der Waals surface area (Å²) in [5.41, 5.74) is 0. The van der Waals surface area contributed by atoms with Crippen LogP contribution in [0.15, 0.2) is 0 Å². The minimum atomic E-state index is -0.508. The van der Waals surface area contributed by atoms with Crippen LogP contribution in [0, 0.1) is 0 Å². The molecule has 0 aliphatic carbocycles. The highest BCUT2D eigenvalue weighted by Crippen LogP contribution is 2.30. The summed E-state index contributed by atoms with van der Waals surface area (Å²) in [5, 5.41) is 9.59. The second-order valence-electron chi connectivity index (χ2n) is 4.63. The summed E-state index contributed by atoms with van der Waals surface area (Å²) in [6.45, 7) is 1.61. The molecule has 16 heavy (non-hydrogen) atoms. The van der Waals surface area contributed by atoms with Gasteiger partial charge in [-0.3, -0.25) is 0 Å². The molecule has 0 amide bonds. The fourth-order valence-corrected chi connectivity index (χ4v) is 2.57. The van der Waals surface area contributed by atoms with Crippen LogP contribution in [0.5, 0.6) is 0 Å². The van der Waals surface area contributed by atoms with Crippen molar-refractivity contribution in [2.75, 3.05) is 19.8 Å². The SMILES string of the molecule is O[C@H]1CO[C@@H]2[C@H]1OC[C@H]2OC1CCCCO1. The smallest absolute Gasteiger partial charge is 0.158 e. The number of hydrogen-bond donors (Lipinski definition) is 1. The molecule has 0 aromatic rings. The molecule has 92 valence electrons. The minimum absolute atomic E-state index is 0.0924. The van der Waals surface area contributed by atoms with Gasteiger partial charge in [0.05, 0.1) is 13.2 Å². The molecule has 5 atom stereocenters. The Morgan fingerprint density at radius 2 is 1.88 bits per heavy atom. The quantitative estimate of drug-likeness (QED) is 0.726. The number of aliphatic hydroxyl groups excluding tert-OH is 1. The van der Waals surface area contributed by atoms with Gasteiger partial charge in [-0.15, -0.1) is 0 Å². The molecule has 0 saturated carbocycles. The van der Waals surface area contributed by atoms with Gasteiger partial charge >= 0.3 is 0 Å². The van der Waals surface area contributed by atoms with E-state index in [9.17, 15) is 5.11 Å². The Kier molecular flexibility index (Phi) is 3.13. The molecule has 5 heteroatoms. The summed E-state index contributed by atoms with van der Waals surface area (Å²) in [7, 11) is 0. The summed E-state index contributed by atoms with van der Waals surface area (Å²) < 4.78 is 22.3. The van der Waals surface area contributed by atoms with E-state index in [2.05, 4.69) is 0 Å². The lowest BCUT2D eigenvalue weighted by Crippen LogP contribution is -2.37. The summed E-state index contributed by atoms with van der Waals surface area (Å²) >= 11 is 0. The third-order valence-corrected chi connectivity index (χ3v) is 3.45. The first-order chi connectivity index (χ1) is 7.84. The van der Waals surface area contributed by atoms with Crippen LogP contribution in [-0.2, 0) is 18.9 Å². The zero-order chi connectivity index (χ0) is 11.0. The minimum Gasteiger partial charge on any atom is -0.388 e. The third kappa shape index (κ3) is 1.98. The molecule has 3 aliphatic heterocycles. The van der Waals surface area contributed by atoms with E-state index in [1.165, 1.54) is 0 Å². The average molecular weight is 230 g/mol. The highest BCUT2D eigenvalue weighted by molar-refractivity contribution is 4.95. The van der Waals surface area contributed by atoms with Gasteiger partial charge in [0.25, 0.3) is 0 Å². The lowest BCUT2D eigenvalue weighted by atomic mass is 10.1. The standard InChI is InChI=1S/C11H18O5/c12-7-5-14-11-8(6-15-10(7)11)16-9-3-1-2-4-13-9/h7-12H,1-6H2/t7-,8+,9?,10-,11-/m0/s1. The first kappa shape index (κ1) is 10.9. The number of aliphatic hydroxyl groups is 1. The lowest BCUT2D eigenvalue weighted by molar-refractivity contribution is -0.202. The highest BCUT2D eigenvalue weighted by atomic mass is 16.7. The second kappa shape index (κ2) is 4.58. The molecule has 0 spiro atoms. The van der Waals surface area contributed by atoms with Gasteiger partial charge in [-0.1, -0.05) is 0 Å². The van der Waals surface area contributed by atoms with E-state index in [4.69, 9.17) is 18.9 Å². The lowest BCUT2D eigenvalue weighted by Gasteiger charge is -2.27. The molecule has 1 unspecified atom stereocenters. The number of fused-ring (bicyclic) bond motifs is 1. The number of ether oxygens (including phenoxy) is 4. The van der Waals surface area contributed by atoms with Crippen LogP contribution in [0.3, 0.4) is 0 Å². The third-order valence-electron chi connectivity index (χ3n) is 3.45. The molecule has 0 bridgehead atoms. The Balaban J connectivity index is 1.55. The van der Waals surface area contributed by atoms with Crippen molar-refractivity contribution in [2.45, 2.75) is 50.0 Å². The van der Waals surface area contributed by atoms with Crippen molar-refractivity contribution in [1.29, 1.82) is 0 Å². The molecule has 3 aliphatic rings. The van der Waals surface area contributed by atoms with Crippen molar-refractivity contribution in [2.24, 2.45) is 0 Å². The highest BCUT2D eigenvalue weighted by Gasteiger charge is 2.48. The van der Waals surface area contributed by atoms with E-state index in [-0.39, 0.29) is 24.6 Å². The fourth-order valence-electron chi connectivity index (χ4n) is 2.57. The summed E-state index contributed by atoms with van der Waals surface area (Å²) in [5.74, 6) is 0. The van der Waals surface area contributed by atoms with Crippen LogP contribution in [0.1, 0.15) is 19.3 Å². The topological polar surface area (TPSA) is 57.2 Å². The van der Waals surface area contributed by atoms with E-state index < -0.39 is 6.10 Å². The predicted molar refractivity (Wildman–Crippen MR) is 54.0 cm³/mol. The van der Waals surface area contributed by atoms with Crippen LogP contribution < -0.4 is 0 Å². The van der Waals surface area contributed by atoms with Crippen LogP contribution >= 0.6 is 0 Å². The van der Waals surface area contributed by atoms with Gasteiger partial charge in [0.1, 0.15) is 24.4 Å². The van der Waals surface area contributed by atoms with Gasteiger partial charge < -0.3 is 24.1 Å². The van der Waals surface area contributed by atoms with Crippen molar-refractivity contribution in [3.8, 4) is 0 Å². The van der Waals surface area contributed by atoms with Gasteiger partial charge in [0.2, 0.25) is 0 Å². The predicted octanol–water partition coefficient (Wildman–Crippen LogP) is 0.0567. The van der Waals surface area contributed by atoms with Crippen molar-refractivity contribution in [1.82, 2.24) is 0 Å². The van der Waals surface area contributed by atoms with Gasteiger partial charge in [-0.2, -0.15) is 0 Å². The van der Waals surface area contributed by atoms with Crippen LogP contribution in [-0.4, -0.2) is 55.6 Å². The van der Waals surface area contributed by atoms with Crippen LogP contribution in [0.25, 0.3) is 0 Å². The van der Waals surface area contributed by atoms with E-state index in [1.54, 1.807) is 0 Å². The summed E-state index contributed by atoms with van der Waals surface area (Å²) in [6, 6.07) is 0. The number of rotatable bonds is 2. The Morgan fingerprint density at radius 1 is 1.00 bits per heavy atom. The van der Waals surface area contributed by atoms with Gasteiger partial charge in [-0.25, -0.2) is 0 Å². The van der Waals surface area contributed by atoms with Crippen molar-refractivity contribution >= 4 is 0 Å². The molecule has 3 rings (SSSR count). The maximum Gasteiger partial charge on any atom is 0.158 e. The van der Waals surface area contributed by atoms with E-state index in [1.807, 2.05) is 0 Å². The molecule has 3 heterocycles. The fraction of sp³-hybridized carbons (Fsp3) is 1.00. The average Bonchev–Trinajstić information content (AvgIpc) is 2.86. The molecular weight excluding hydrogens is 212 g/mol. The molecule has 3 saturated heterocycles.